The molecule has 5 nitrogen and oxygen atoms in total. The van der Waals surface area contributed by atoms with E-state index >= 15 is 0 Å². The molecule has 1 aromatic carbocycles. The van der Waals surface area contributed by atoms with Crippen LogP contribution in [0.3, 0.4) is 0 Å². The fraction of sp³-hybridized carbons (Fsp3) is 0.500. The minimum atomic E-state index is -0.220. The summed E-state index contributed by atoms with van der Waals surface area (Å²) >= 11 is 0. The lowest BCUT2D eigenvalue weighted by Gasteiger charge is -2.26. The van der Waals surface area contributed by atoms with Crippen LogP contribution < -0.4 is 11.1 Å². The first-order chi connectivity index (χ1) is 10.1. The van der Waals surface area contributed by atoms with Crippen molar-refractivity contribution in [1.82, 2.24) is 4.90 Å². The normalized spacial score (nSPS) is 25.1. The highest BCUT2D eigenvalue weighted by molar-refractivity contribution is 6.21. The average Bonchev–Trinajstić information content (AvgIpc) is 2.71. The van der Waals surface area contributed by atoms with Crippen molar-refractivity contribution in [3.8, 4) is 0 Å². The van der Waals surface area contributed by atoms with Crippen LogP contribution in [0.5, 0.6) is 0 Å². The molecule has 0 unspecified atom stereocenters. The largest absolute Gasteiger partial charge is 0.385 e. The Bertz CT molecular complexity index is 577. The number of anilines is 1. The van der Waals surface area contributed by atoms with Gasteiger partial charge in [-0.3, -0.25) is 14.5 Å². The highest BCUT2D eigenvalue weighted by Crippen LogP contribution is 2.26. The average molecular weight is 287 g/mol. The van der Waals surface area contributed by atoms with Crippen molar-refractivity contribution in [2.45, 2.75) is 31.7 Å². The van der Waals surface area contributed by atoms with Gasteiger partial charge in [-0.2, -0.15) is 0 Å². The Kier molecular flexibility index (Phi) is 3.68. The van der Waals surface area contributed by atoms with Crippen molar-refractivity contribution in [3.05, 3.63) is 29.3 Å². The zero-order valence-corrected chi connectivity index (χ0v) is 12.3. The minimum absolute atomic E-state index is 0.220. The molecular formula is C16H21N3O2. The molecule has 3 rings (SSSR count). The number of hydrogen-bond donors (Lipinski definition) is 2. The number of nitrogens with one attached hydrogen (secondary N) is 1. The first kappa shape index (κ1) is 14.1. The summed E-state index contributed by atoms with van der Waals surface area (Å²) in [6.45, 7) is 0.892. The first-order valence-corrected chi connectivity index (χ1v) is 7.52. The second-order valence-corrected chi connectivity index (χ2v) is 6.09. The van der Waals surface area contributed by atoms with Crippen molar-refractivity contribution in [2.75, 3.05) is 18.9 Å². The molecule has 3 N–H and O–H groups in total. The molecule has 21 heavy (non-hydrogen) atoms. The predicted molar refractivity (Wildman–Crippen MR) is 81.3 cm³/mol. The zero-order chi connectivity index (χ0) is 15.0. The molecule has 1 fully saturated rings. The standard InChI is InChI=1S/C16H21N3O2/c1-19-15(20)13-7-6-12(8-14(13)16(19)21)18-9-10-2-4-11(17)5-3-10/h6-8,10-11,18H,2-5,9,17H2,1H3. The molecule has 5 heteroatoms. The fourth-order valence-corrected chi connectivity index (χ4v) is 3.13. The Balaban J connectivity index is 1.66. The molecule has 2 amide bonds. The number of nitrogens with two attached hydrogens (primary N) is 1. The number of benzene rings is 1. The van der Waals surface area contributed by atoms with Gasteiger partial charge in [0.15, 0.2) is 0 Å². The van der Waals surface area contributed by atoms with Gasteiger partial charge >= 0.3 is 0 Å². The maximum atomic E-state index is 12.0. The Morgan fingerprint density at radius 3 is 2.52 bits per heavy atom. The maximum absolute atomic E-state index is 12.0. The van der Waals surface area contributed by atoms with Crippen LogP contribution in [0.2, 0.25) is 0 Å². The number of hydrogen-bond acceptors (Lipinski definition) is 4. The lowest BCUT2D eigenvalue weighted by Crippen LogP contribution is -2.29. The SMILES string of the molecule is CN1C(=O)c2ccc(NCC3CCC(N)CC3)cc2C1=O. The van der Waals surface area contributed by atoms with Crippen LogP contribution >= 0.6 is 0 Å². The number of fused-ring (bicyclic) bond motifs is 1. The molecule has 1 heterocycles. The van der Waals surface area contributed by atoms with Gasteiger partial charge in [-0.15, -0.1) is 0 Å². The zero-order valence-electron chi connectivity index (χ0n) is 12.3. The van der Waals surface area contributed by atoms with E-state index in [1.807, 2.05) is 6.07 Å². The number of carbonyl (C=O) groups excluding carboxylic acids is 2. The molecule has 112 valence electrons. The molecule has 0 bridgehead atoms. The monoisotopic (exact) mass is 287 g/mol. The van der Waals surface area contributed by atoms with Gasteiger partial charge in [-0.25, -0.2) is 0 Å². The second-order valence-electron chi connectivity index (χ2n) is 6.09. The van der Waals surface area contributed by atoms with Crippen molar-refractivity contribution in [3.63, 3.8) is 0 Å². The van der Waals surface area contributed by atoms with Crippen LogP contribution in [0.1, 0.15) is 46.4 Å². The van der Waals surface area contributed by atoms with E-state index in [4.69, 9.17) is 5.73 Å². The highest BCUT2D eigenvalue weighted by Gasteiger charge is 2.32. The molecule has 0 saturated heterocycles. The van der Waals surface area contributed by atoms with Gasteiger partial charge in [0, 0.05) is 25.3 Å². The Morgan fingerprint density at radius 1 is 1.14 bits per heavy atom. The van der Waals surface area contributed by atoms with Gasteiger partial charge in [0.1, 0.15) is 0 Å². The van der Waals surface area contributed by atoms with Gasteiger partial charge in [0.05, 0.1) is 11.1 Å². The van der Waals surface area contributed by atoms with Crippen LogP contribution in [0, 0.1) is 5.92 Å². The summed E-state index contributed by atoms with van der Waals surface area (Å²) in [4.78, 5) is 25.0. The Hall–Kier alpha value is -1.88. The third kappa shape index (κ3) is 2.65. The van der Waals surface area contributed by atoms with Crippen molar-refractivity contribution < 1.29 is 9.59 Å². The van der Waals surface area contributed by atoms with E-state index in [0.717, 1.165) is 42.8 Å². The van der Waals surface area contributed by atoms with Gasteiger partial charge < -0.3 is 11.1 Å². The van der Waals surface area contributed by atoms with Gasteiger partial charge in [-0.05, 0) is 49.8 Å². The topological polar surface area (TPSA) is 75.4 Å². The third-order valence-electron chi connectivity index (χ3n) is 4.58. The second kappa shape index (κ2) is 5.48. The third-order valence-corrected chi connectivity index (χ3v) is 4.58. The summed E-state index contributed by atoms with van der Waals surface area (Å²) in [5, 5.41) is 3.39. The molecule has 0 aromatic heterocycles. The highest BCUT2D eigenvalue weighted by atomic mass is 16.2. The molecule has 1 aliphatic heterocycles. The van der Waals surface area contributed by atoms with E-state index in [1.54, 1.807) is 12.1 Å². The lowest BCUT2D eigenvalue weighted by atomic mass is 9.86. The van der Waals surface area contributed by atoms with Crippen molar-refractivity contribution in [2.24, 2.45) is 11.7 Å². The van der Waals surface area contributed by atoms with Gasteiger partial charge in [0.25, 0.3) is 11.8 Å². The van der Waals surface area contributed by atoms with Crippen molar-refractivity contribution in [1.29, 1.82) is 0 Å². The van der Waals surface area contributed by atoms with E-state index in [1.165, 1.54) is 7.05 Å². The smallest absolute Gasteiger partial charge is 0.261 e. The lowest BCUT2D eigenvalue weighted by molar-refractivity contribution is 0.0693. The molecular weight excluding hydrogens is 266 g/mol. The van der Waals surface area contributed by atoms with Crippen LogP contribution in [-0.4, -0.2) is 36.3 Å². The number of imide groups is 1. The van der Waals surface area contributed by atoms with Crippen molar-refractivity contribution >= 4 is 17.5 Å². The van der Waals surface area contributed by atoms with E-state index in [9.17, 15) is 9.59 Å². The van der Waals surface area contributed by atoms with Crippen LogP contribution in [0.4, 0.5) is 5.69 Å². The molecule has 0 atom stereocenters. The van der Waals surface area contributed by atoms with Gasteiger partial charge in [-0.1, -0.05) is 0 Å². The summed E-state index contributed by atoms with van der Waals surface area (Å²) in [5.74, 6) is 0.197. The number of carbonyl (C=O) groups is 2. The van der Waals surface area contributed by atoms with E-state index < -0.39 is 0 Å². The number of rotatable bonds is 3. The first-order valence-electron chi connectivity index (χ1n) is 7.52. The summed E-state index contributed by atoms with van der Waals surface area (Å²) in [6, 6.07) is 5.75. The van der Waals surface area contributed by atoms with Crippen LogP contribution in [-0.2, 0) is 0 Å². The Labute approximate surface area is 124 Å². The summed E-state index contributed by atoms with van der Waals surface area (Å²) in [7, 11) is 1.52. The molecule has 0 spiro atoms. The quantitative estimate of drug-likeness (QED) is 0.832. The maximum Gasteiger partial charge on any atom is 0.261 e. The minimum Gasteiger partial charge on any atom is -0.385 e. The molecule has 1 aromatic rings. The van der Waals surface area contributed by atoms with E-state index in [-0.39, 0.29) is 11.8 Å². The fourth-order valence-electron chi connectivity index (χ4n) is 3.13. The van der Waals surface area contributed by atoms with E-state index in [0.29, 0.717) is 23.1 Å². The predicted octanol–water partition coefficient (Wildman–Crippen LogP) is 1.84. The number of nitrogens with zero attached hydrogens (tertiary/aromatic N) is 1. The molecule has 0 radical (unpaired) electrons. The Morgan fingerprint density at radius 2 is 1.81 bits per heavy atom. The van der Waals surface area contributed by atoms with Gasteiger partial charge in [0.2, 0.25) is 0 Å². The molecule has 2 aliphatic rings. The molecule has 1 aliphatic carbocycles. The summed E-state index contributed by atoms with van der Waals surface area (Å²) < 4.78 is 0. The summed E-state index contributed by atoms with van der Waals surface area (Å²) in [5.41, 5.74) is 7.81. The van der Waals surface area contributed by atoms with Crippen LogP contribution in [0.25, 0.3) is 0 Å². The summed E-state index contributed by atoms with van der Waals surface area (Å²) in [6.07, 6.45) is 4.49. The number of amides is 2. The molecule has 1 saturated carbocycles. The van der Waals surface area contributed by atoms with E-state index in [2.05, 4.69) is 5.32 Å². The van der Waals surface area contributed by atoms with Crippen LogP contribution in [0.15, 0.2) is 18.2 Å².